The van der Waals surface area contributed by atoms with Gasteiger partial charge >= 0.3 is 6.18 Å². The minimum atomic E-state index is -4.68. The van der Waals surface area contributed by atoms with Crippen molar-refractivity contribution in [3.05, 3.63) is 111 Å². The molecule has 0 aliphatic rings. The van der Waals surface area contributed by atoms with E-state index in [2.05, 4.69) is 15.4 Å². The number of aryl methyl sites for hydroxylation is 2. The fourth-order valence-electron chi connectivity index (χ4n) is 3.65. The van der Waals surface area contributed by atoms with Crippen LogP contribution in [0.2, 0.25) is 0 Å². The van der Waals surface area contributed by atoms with Crippen LogP contribution in [0.1, 0.15) is 39.2 Å². The first kappa shape index (κ1) is 23.9. The Labute approximate surface area is 196 Å². The molecule has 0 spiro atoms. The number of imidazole rings is 1. The van der Waals surface area contributed by atoms with Crippen molar-refractivity contribution in [2.24, 2.45) is 7.05 Å². The van der Waals surface area contributed by atoms with Crippen LogP contribution in [0.15, 0.2) is 71.8 Å². The summed E-state index contributed by atoms with van der Waals surface area (Å²) in [6.45, 7) is 1.42. The molecule has 180 valence electrons. The van der Waals surface area contributed by atoms with E-state index in [0.29, 0.717) is 11.4 Å². The van der Waals surface area contributed by atoms with Crippen LogP contribution in [0.25, 0.3) is 5.69 Å². The molecule has 2 aromatic heterocycles. The van der Waals surface area contributed by atoms with Crippen LogP contribution in [-0.4, -0.2) is 25.2 Å². The van der Waals surface area contributed by atoms with E-state index in [9.17, 15) is 27.2 Å². The summed E-state index contributed by atoms with van der Waals surface area (Å²) < 4.78 is 56.7. The second kappa shape index (κ2) is 9.16. The number of para-hydroxylation sites is 1. The molecule has 1 N–H and O–H groups in total. The number of hydrogen-bond acceptors (Lipinski definition) is 4. The number of halogens is 4. The molecule has 11 heteroatoms. The molecule has 0 aliphatic carbocycles. The summed E-state index contributed by atoms with van der Waals surface area (Å²) in [6, 6.07) is 10.2. The SMILES string of the molecule is Cc1cc(=O)c(C(=O)NC(c2ccc(F)cc2)c2nccn2C)nn1-c1ccccc1C(F)(F)F. The molecule has 7 nitrogen and oxygen atoms in total. The molecule has 0 saturated carbocycles. The summed E-state index contributed by atoms with van der Waals surface area (Å²) in [5, 5.41) is 6.64. The van der Waals surface area contributed by atoms with Gasteiger partial charge in [-0.05, 0) is 36.8 Å². The van der Waals surface area contributed by atoms with Gasteiger partial charge in [0.1, 0.15) is 17.7 Å². The molecule has 2 heterocycles. The zero-order valence-corrected chi connectivity index (χ0v) is 18.5. The van der Waals surface area contributed by atoms with Crippen LogP contribution in [0.4, 0.5) is 17.6 Å². The van der Waals surface area contributed by atoms with Crippen molar-refractivity contribution < 1.29 is 22.4 Å². The van der Waals surface area contributed by atoms with Gasteiger partial charge in [-0.15, -0.1) is 0 Å². The third kappa shape index (κ3) is 4.84. The lowest BCUT2D eigenvalue weighted by Crippen LogP contribution is -2.36. The van der Waals surface area contributed by atoms with Crippen LogP contribution >= 0.6 is 0 Å². The Kier molecular flexibility index (Phi) is 6.25. The third-order valence-corrected chi connectivity index (χ3v) is 5.36. The monoisotopic (exact) mass is 485 g/mol. The van der Waals surface area contributed by atoms with Gasteiger partial charge in [0.2, 0.25) is 5.43 Å². The largest absolute Gasteiger partial charge is 0.418 e. The van der Waals surface area contributed by atoms with E-state index in [1.54, 1.807) is 17.8 Å². The van der Waals surface area contributed by atoms with Crippen molar-refractivity contribution >= 4 is 5.91 Å². The van der Waals surface area contributed by atoms with Crippen molar-refractivity contribution in [1.29, 1.82) is 0 Å². The van der Waals surface area contributed by atoms with Gasteiger partial charge in [0, 0.05) is 31.2 Å². The maximum Gasteiger partial charge on any atom is 0.418 e. The Morgan fingerprint density at radius 3 is 2.40 bits per heavy atom. The minimum Gasteiger partial charge on any atom is -0.336 e. The smallest absolute Gasteiger partial charge is 0.336 e. The second-order valence-electron chi connectivity index (χ2n) is 7.78. The number of benzene rings is 2. The van der Waals surface area contributed by atoms with Crippen LogP contribution in [-0.2, 0) is 13.2 Å². The number of alkyl halides is 3. The highest BCUT2D eigenvalue weighted by Crippen LogP contribution is 2.33. The van der Waals surface area contributed by atoms with Gasteiger partial charge in [0.25, 0.3) is 5.91 Å². The number of rotatable bonds is 5. The number of aromatic nitrogens is 4. The lowest BCUT2D eigenvalue weighted by molar-refractivity contribution is -0.137. The van der Waals surface area contributed by atoms with Gasteiger partial charge in [-0.3, -0.25) is 9.59 Å². The fourth-order valence-corrected chi connectivity index (χ4v) is 3.65. The highest BCUT2D eigenvalue weighted by atomic mass is 19.4. The first-order valence-electron chi connectivity index (χ1n) is 10.4. The highest BCUT2D eigenvalue weighted by molar-refractivity contribution is 5.92. The summed E-state index contributed by atoms with van der Waals surface area (Å²) in [7, 11) is 1.69. The number of nitrogens with zero attached hydrogens (tertiary/aromatic N) is 4. The van der Waals surface area contributed by atoms with Crippen molar-refractivity contribution in [3.8, 4) is 5.69 Å². The van der Waals surface area contributed by atoms with E-state index in [-0.39, 0.29) is 11.4 Å². The maximum atomic E-state index is 13.6. The summed E-state index contributed by atoms with van der Waals surface area (Å²) >= 11 is 0. The van der Waals surface area contributed by atoms with Gasteiger partial charge in [0.15, 0.2) is 5.69 Å². The van der Waals surface area contributed by atoms with Crippen molar-refractivity contribution in [2.75, 3.05) is 0 Å². The first-order chi connectivity index (χ1) is 16.6. The zero-order chi connectivity index (χ0) is 25.3. The lowest BCUT2D eigenvalue weighted by Gasteiger charge is -2.20. The van der Waals surface area contributed by atoms with Gasteiger partial charge in [-0.2, -0.15) is 18.3 Å². The topological polar surface area (TPSA) is 81.8 Å². The van der Waals surface area contributed by atoms with Gasteiger partial charge < -0.3 is 9.88 Å². The van der Waals surface area contributed by atoms with E-state index >= 15 is 0 Å². The molecule has 2 aromatic carbocycles. The molecule has 1 amide bonds. The van der Waals surface area contributed by atoms with E-state index in [1.165, 1.54) is 55.6 Å². The molecule has 4 rings (SSSR count). The molecule has 0 aliphatic heterocycles. The molecule has 0 saturated heterocycles. The molecule has 0 bridgehead atoms. The Bertz CT molecular complexity index is 1440. The predicted molar refractivity (Wildman–Crippen MR) is 118 cm³/mol. The van der Waals surface area contributed by atoms with Gasteiger partial charge in [0.05, 0.1) is 11.3 Å². The molecular weight excluding hydrogens is 466 g/mol. The molecule has 1 unspecified atom stereocenters. The Morgan fingerprint density at radius 1 is 1.09 bits per heavy atom. The number of amides is 1. The van der Waals surface area contributed by atoms with Crippen molar-refractivity contribution in [3.63, 3.8) is 0 Å². The molecule has 35 heavy (non-hydrogen) atoms. The first-order valence-corrected chi connectivity index (χ1v) is 10.4. The van der Waals surface area contributed by atoms with Crippen LogP contribution in [0, 0.1) is 12.7 Å². The molecule has 1 atom stereocenters. The highest BCUT2D eigenvalue weighted by Gasteiger charge is 2.34. The number of hydrogen-bond donors (Lipinski definition) is 1. The van der Waals surface area contributed by atoms with Crippen molar-refractivity contribution in [2.45, 2.75) is 19.1 Å². The third-order valence-electron chi connectivity index (χ3n) is 5.36. The lowest BCUT2D eigenvalue weighted by atomic mass is 10.1. The number of carbonyl (C=O) groups excluding carboxylic acids is 1. The number of carbonyl (C=O) groups is 1. The molecular formula is C24H19F4N5O2. The zero-order valence-electron chi connectivity index (χ0n) is 18.5. The fraction of sp³-hybridized carbons (Fsp3) is 0.167. The molecule has 0 radical (unpaired) electrons. The van der Waals surface area contributed by atoms with Crippen LogP contribution < -0.4 is 10.7 Å². The van der Waals surface area contributed by atoms with E-state index in [0.717, 1.165) is 16.8 Å². The summed E-state index contributed by atoms with van der Waals surface area (Å²) in [4.78, 5) is 30.0. The summed E-state index contributed by atoms with van der Waals surface area (Å²) in [6.07, 6.45) is -1.53. The van der Waals surface area contributed by atoms with Gasteiger partial charge in [-0.25, -0.2) is 14.1 Å². The van der Waals surface area contributed by atoms with E-state index in [1.807, 2.05) is 0 Å². The Morgan fingerprint density at radius 2 is 1.77 bits per heavy atom. The summed E-state index contributed by atoms with van der Waals surface area (Å²) in [5.74, 6) is -1.02. The Balaban J connectivity index is 1.78. The number of nitrogens with one attached hydrogen (secondary N) is 1. The van der Waals surface area contributed by atoms with Crippen molar-refractivity contribution in [1.82, 2.24) is 24.6 Å². The predicted octanol–water partition coefficient (Wildman–Crippen LogP) is 3.95. The van der Waals surface area contributed by atoms with Gasteiger partial charge in [-0.1, -0.05) is 24.3 Å². The maximum absolute atomic E-state index is 13.6. The Hall–Kier alpha value is -4.28. The van der Waals surface area contributed by atoms with E-state index in [4.69, 9.17) is 0 Å². The molecule has 0 fully saturated rings. The average molecular weight is 485 g/mol. The quantitative estimate of drug-likeness (QED) is 0.434. The molecule has 4 aromatic rings. The minimum absolute atomic E-state index is 0.113. The summed E-state index contributed by atoms with van der Waals surface area (Å²) in [5.41, 5.74) is -2.08. The van der Waals surface area contributed by atoms with Crippen LogP contribution in [0.5, 0.6) is 0 Å². The second-order valence-corrected chi connectivity index (χ2v) is 7.78. The van der Waals surface area contributed by atoms with Crippen LogP contribution in [0.3, 0.4) is 0 Å². The average Bonchev–Trinajstić information content (AvgIpc) is 3.23. The van der Waals surface area contributed by atoms with E-state index < -0.39 is 40.6 Å². The standard InChI is InChI=1S/C24H19F4N5O2/c1-14-13-19(34)21(31-33(14)18-6-4-3-5-17(18)24(26,27)28)23(35)30-20(22-29-11-12-32(22)2)15-7-9-16(25)10-8-15/h3-13,20H,1-2H3,(H,30,35). The normalized spacial score (nSPS) is 12.4.